The minimum atomic E-state index is -3.54. The van der Waals surface area contributed by atoms with Gasteiger partial charge in [-0.05, 0) is 34.8 Å². The smallest absolute Gasteiger partial charge is 0.244 e. The number of hydrogen-bond donors (Lipinski definition) is 0. The first kappa shape index (κ1) is 15.2. The summed E-state index contributed by atoms with van der Waals surface area (Å²) in [6.45, 7) is 0. The zero-order valence-corrected chi connectivity index (χ0v) is 13.7. The van der Waals surface area contributed by atoms with Gasteiger partial charge in [0, 0.05) is 30.0 Å². The van der Waals surface area contributed by atoms with Crippen LogP contribution in [0.15, 0.2) is 27.8 Å². The van der Waals surface area contributed by atoms with E-state index in [2.05, 4.69) is 20.9 Å². The lowest BCUT2D eigenvalue weighted by molar-refractivity contribution is 0.291. The number of aromatic nitrogens is 1. The van der Waals surface area contributed by atoms with E-state index in [1.54, 1.807) is 19.3 Å². The van der Waals surface area contributed by atoms with Crippen LogP contribution in [0.5, 0.6) is 0 Å². The SMILES string of the molecule is CN(C1CCCCC1Cl)S(=O)(=O)c1cncc(Br)c1. The van der Waals surface area contributed by atoms with Crippen LogP contribution < -0.4 is 0 Å². The van der Waals surface area contributed by atoms with Crippen LogP contribution in [-0.2, 0) is 10.0 Å². The van der Waals surface area contributed by atoms with Gasteiger partial charge in [0.1, 0.15) is 4.90 Å². The summed E-state index contributed by atoms with van der Waals surface area (Å²) in [5.41, 5.74) is 0. The molecule has 0 N–H and O–H groups in total. The average molecular weight is 368 g/mol. The van der Waals surface area contributed by atoms with Crippen LogP contribution in [0.4, 0.5) is 0 Å². The number of sulfonamides is 1. The predicted molar refractivity (Wildman–Crippen MR) is 78.8 cm³/mol. The van der Waals surface area contributed by atoms with Crippen LogP contribution in [0.25, 0.3) is 0 Å². The number of halogens is 2. The third kappa shape index (κ3) is 3.29. The first-order valence-electron chi connectivity index (χ1n) is 6.15. The van der Waals surface area contributed by atoms with Crippen molar-refractivity contribution in [1.29, 1.82) is 0 Å². The fourth-order valence-electron chi connectivity index (χ4n) is 2.35. The van der Waals surface area contributed by atoms with Crippen molar-refractivity contribution in [2.24, 2.45) is 0 Å². The highest BCUT2D eigenvalue weighted by Crippen LogP contribution is 2.30. The third-order valence-corrected chi connectivity index (χ3v) is 6.26. The monoisotopic (exact) mass is 366 g/mol. The maximum absolute atomic E-state index is 12.5. The summed E-state index contributed by atoms with van der Waals surface area (Å²) in [7, 11) is -1.94. The van der Waals surface area contributed by atoms with Gasteiger partial charge >= 0.3 is 0 Å². The summed E-state index contributed by atoms with van der Waals surface area (Å²) >= 11 is 9.51. The van der Waals surface area contributed by atoms with Gasteiger partial charge in [-0.3, -0.25) is 4.98 Å². The van der Waals surface area contributed by atoms with E-state index in [4.69, 9.17) is 11.6 Å². The van der Waals surface area contributed by atoms with Crippen molar-refractivity contribution in [3.05, 3.63) is 22.9 Å². The Morgan fingerprint density at radius 2 is 2.05 bits per heavy atom. The van der Waals surface area contributed by atoms with E-state index in [1.807, 2.05) is 0 Å². The van der Waals surface area contributed by atoms with E-state index < -0.39 is 10.0 Å². The second-order valence-electron chi connectivity index (χ2n) is 4.73. The minimum absolute atomic E-state index is 0.117. The molecule has 0 amide bonds. The molecule has 4 nitrogen and oxygen atoms in total. The summed E-state index contributed by atoms with van der Waals surface area (Å²) in [5, 5.41) is -0.117. The van der Waals surface area contributed by atoms with Gasteiger partial charge in [-0.15, -0.1) is 11.6 Å². The van der Waals surface area contributed by atoms with Crippen molar-refractivity contribution in [1.82, 2.24) is 9.29 Å². The fourth-order valence-corrected chi connectivity index (χ4v) is 4.80. The van der Waals surface area contributed by atoms with Gasteiger partial charge in [0.15, 0.2) is 0 Å². The van der Waals surface area contributed by atoms with Crippen molar-refractivity contribution >= 4 is 37.6 Å². The van der Waals surface area contributed by atoms with Crippen molar-refractivity contribution < 1.29 is 8.42 Å². The highest BCUT2D eigenvalue weighted by atomic mass is 79.9. The van der Waals surface area contributed by atoms with Crippen LogP contribution in [0, 0.1) is 0 Å². The molecule has 106 valence electrons. The van der Waals surface area contributed by atoms with Crippen LogP contribution in [-0.4, -0.2) is 36.2 Å². The molecular weight excluding hydrogens is 352 g/mol. The molecule has 1 aliphatic carbocycles. The molecule has 1 aliphatic rings. The van der Waals surface area contributed by atoms with Gasteiger partial charge in [0.05, 0.1) is 5.38 Å². The van der Waals surface area contributed by atoms with Crippen molar-refractivity contribution in [2.45, 2.75) is 42.0 Å². The number of alkyl halides is 1. The molecule has 2 rings (SSSR count). The maximum atomic E-state index is 12.5. The van der Waals surface area contributed by atoms with E-state index in [-0.39, 0.29) is 16.3 Å². The predicted octanol–water partition coefficient (Wildman–Crippen LogP) is 3.01. The topological polar surface area (TPSA) is 50.3 Å². The highest BCUT2D eigenvalue weighted by molar-refractivity contribution is 9.10. The Balaban J connectivity index is 2.28. The molecule has 1 fully saturated rings. The Kier molecular flexibility index (Phi) is 4.87. The van der Waals surface area contributed by atoms with Crippen molar-refractivity contribution in [3.63, 3.8) is 0 Å². The molecule has 2 atom stereocenters. The standard InChI is InChI=1S/C12H16BrClN2O2S/c1-16(12-5-3-2-4-11(12)14)19(17,18)10-6-9(13)7-15-8-10/h6-8,11-12H,2-5H2,1H3. The maximum Gasteiger partial charge on any atom is 0.244 e. The van der Waals surface area contributed by atoms with Gasteiger partial charge in [-0.1, -0.05) is 12.8 Å². The van der Waals surface area contributed by atoms with Crippen LogP contribution in [0.1, 0.15) is 25.7 Å². The zero-order chi connectivity index (χ0) is 14.0. The highest BCUT2D eigenvalue weighted by Gasteiger charge is 2.34. The van der Waals surface area contributed by atoms with E-state index in [1.165, 1.54) is 10.5 Å². The molecule has 0 aliphatic heterocycles. The summed E-state index contributed by atoms with van der Waals surface area (Å²) in [6, 6.07) is 1.42. The fraction of sp³-hybridized carbons (Fsp3) is 0.583. The van der Waals surface area contributed by atoms with Gasteiger partial charge in [-0.2, -0.15) is 4.31 Å². The van der Waals surface area contributed by atoms with E-state index in [0.717, 1.165) is 25.7 Å². The first-order chi connectivity index (χ1) is 8.93. The molecule has 1 aromatic heterocycles. The average Bonchev–Trinajstić information content (AvgIpc) is 2.38. The van der Waals surface area contributed by atoms with Crippen LogP contribution >= 0.6 is 27.5 Å². The molecule has 19 heavy (non-hydrogen) atoms. The second-order valence-corrected chi connectivity index (χ2v) is 8.20. The molecule has 0 radical (unpaired) electrons. The normalized spacial score (nSPS) is 24.6. The van der Waals surface area contributed by atoms with E-state index in [9.17, 15) is 8.42 Å². The van der Waals surface area contributed by atoms with E-state index in [0.29, 0.717) is 4.47 Å². The number of hydrogen-bond acceptors (Lipinski definition) is 3. The summed E-state index contributed by atoms with van der Waals surface area (Å²) in [4.78, 5) is 4.10. The number of nitrogens with zero attached hydrogens (tertiary/aromatic N) is 2. The van der Waals surface area contributed by atoms with E-state index >= 15 is 0 Å². The quantitative estimate of drug-likeness (QED) is 0.772. The Morgan fingerprint density at radius 3 is 2.68 bits per heavy atom. The molecule has 1 heterocycles. The van der Waals surface area contributed by atoms with Crippen LogP contribution in [0.2, 0.25) is 0 Å². The van der Waals surface area contributed by atoms with Gasteiger partial charge in [0.25, 0.3) is 0 Å². The van der Waals surface area contributed by atoms with Gasteiger partial charge < -0.3 is 0 Å². The van der Waals surface area contributed by atoms with Gasteiger partial charge in [0.2, 0.25) is 10.0 Å². The lowest BCUT2D eigenvalue weighted by Crippen LogP contribution is -2.44. The van der Waals surface area contributed by atoms with Crippen molar-refractivity contribution in [3.8, 4) is 0 Å². The minimum Gasteiger partial charge on any atom is -0.262 e. The first-order valence-corrected chi connectivity index (χ1v) is 8.82. The lowest BCUT2D eigenvalue weighted by atomic mass is 9.95. The Bertz CT molecular complexity index is 552. The lowest BCUT2D eigenvalue weighted by Gasteiger charge is -2.34. The molecular formula is C12H16BrClN2O2S. The van der Waals surface area contributed by atoms with Crippen molar-refractivity contribution in [2.75, 3.05) is 7.05 Å². The zero-order valence-electron chi connectivity index (χ0n) is 10.6. The Hall–Kier alpha value is -0.170. The molecule has 0 spiro atoms. The molecule has 1 aromatic rings. The second kappa shape index (κ2) is 6.08. The molecule has 0 aromatic carbocycles. The van der Waals surface area contributed by atoms with Gasteiger partial charge in [-0.25, -0.2) is 8.42 Å². The Morgan fingerprint density at radius 1 is 1.37 bits per heavy atom. The molecule has 0 bridgehead atoms. The summed E-state index contributed by atoms with van der Waals surface area (Å²) in [5.74, 6) is 0. The van der Waals surface area contributed by atoms with Crippen LogP contribution in [0.3, 0.4) is 0 Å². The molecule has 1 saturated carbocycles. The molecule has 0 saturated heterocycles. The molecule has 7 heteroatoms. The third-order valence-electron chi connectivity index (χ3n) is 3.47. The summed E-state index contributed by atoms with van der Waals surface area (Å²) < 4.78 is 27.1. The number of rotatable bonds is 3. The Labute approximate surface area is 127 Å². The molecule has 2 unspecified atom stereocenters. The summed E-state index contributed by atoms with van der Waals surface area (Å²) in [6.07, 6.45) is 6.68. The largest absolute Gasteiger partial charge is 0.262 e. The number of pyridine rings is 1.